The summed E-state index contributed by atoms with van der Waals surface area (Å²) in [6.07, 6.45) is 5.86. The number of nitrogens with zero attached hydrogens (tertiary/aromatic N) is 3. The van der Waals surface area contributed by atoms with Crippen molar-refractivity contribution in [2.75, 3.05) is 18.4 Å². The van der Waals surface area contributed by atoms with E-state index in [4.69, 9.17) is 4.42 Å². The van der Waals surface area contributed by atoms with Gasteiger partial charge in [-0.1, -0.05) is 0 Å². The second kappa shape index (κ2) is 7.91. The van der Waals surface area contributed by atoms with Crippen molar-refractivity contribution in [3.05, 3.63) is 60.6 Å². The van der Waals surface area contributed by atoms with Crippen LogP contribution in [0.15, 0.2) is 53.6 Å². The normalized spacial score (nSPS) is 10.9. The van der Waals surface area contributed by atoms with Crippen molar-refractivity contribution in [1.82, 2.24) is 25.3 Å². The number of hydrogen-bond acceptors (Lipinski definition) is 6. The molecule has 0 aliphatic heterocycles. The van der Waals surface area contributed by atoms with Gasteiger partial charge in [-0.15, -0.1) is 0 Å². The molecule has 3 heterocycles. The molecular formula is C20H20N6O2. The van der Waals surface area contributed by atoms with Gasteiger partial charge in [-0.3, -0.25) is 4.79 Å². The Labute approximate surface area is 161 Å². The Hall–Kier alpha value is -3.68. The number of amides is 1. The van der Waals surface area contributed by atoms with Crippen molar-refractivity contribution >= 4 is 22.6 Å². The molecular weight excluding hydrogens is 356 g/mol. The zero-order valence-corrected chi connectivity index (χ0v) is 15.4. The highest BCUT2D eigenvalue weighted by molar-refractivity contribution is 5.94. The molecule has 4 aromatic rings. The van der Waals surface area contributed by atoms with Crippen LogP contribution in [-0.2, 0) is 6.42 Å². The molecule has 142 valence electrons. The molecule has 4 rings (SSSR count). The molecule has 0 saturated heterocycles. The number of anilines is 1. The minimum atomic E-state index is -0.224. The summed E-state index contributed by atoms with van der Waals surface area (Å²) in [5, 5.41) is 6.96. The van der Waals surface area contributed by atoms with E-state index in [1.54, 1.807) is 24.8 Å². The van der Waals surface area contributed by atoms with Crippen molar-refractivity contribution in [2.24, 2.45) is 0 Å². The van der Waals surface area contributed by atoms with Crippen molar-refractivity contribution < 1.29 is 9.21 Å². The van der Waals surface area contributed by atoms with E-state index >= 15 is 0 Å². The number of carbonyl (C=O) groups is 1. The number of rotatable bonds is 7. The van der Waals surface area contributed by atoms with Gasteiger partial charge in [0.1, 0.15) is 17.9 Å². The largest absolute Gasteiger partial charge is 0.451 e. The highest BCUT2D eigenvalue weighted by atomic mass is 16.3. The van der Waals surface area contributed by atoms with Crippen LogP contribution >= 0.6 is 0 Å². The first kappa shape index (κ1) is 17.7. The van der Waals surface area contributed by atoms with Crippen LogP contribution in [0.4, 0.5) is 5.82 Å². The Morgan fingerprint density at radius 1 is 1.18 bits per heavy atom. The molecule has 3 N–H and O–H groups in total. The van der Waals surface area contributed by atoms with Gasteiger partial charge in [0, 0.05) is 36.7 Å². The second-order valence-electron chi connectivity index (χ2n) is 6.21. The minimum absolute atomic E-state index is 0.224. The van der Waals surface area contributed by atoms with Crippen LogP contribution in [0.2, 0.25) is 0 Å². The van der Waals surface area contributed by atoms with E-state index in [2.05, 4.69) is 30.6 Å². The lowest BCUT2D eigenvalue weighted by atomic mass is 10.1. The molecule has 0 unspecified atom stereocenters. The van der Waals surface area contributed by atoms with Crippen LogP contribution in [0, 0.1) is 0 Å². The standard InChI is InChI=1S/C20H20N6O2/c1-2-22-20(27)18-6-5-17(28-18)13-3-4-16-15(9-13)19(26-12-25-16)23-8-7-14-10-21-11-24-14/h3-6,9-12H,2,7-8H2,1H3,(H,21,24)(H,22,27)(H,23,25,26). The number of fused-ring (bicyclic) bond motifs is 1. The SMILES string of the molecule is CCNC(=O)c1ccc(-c2ccc3ncnc(NCCc4c[nH]cn4)c3c2)o1. The lowest BCUT2D eigenvalue weighted by molar-refractivity contribution is 0.0929. The van der Waals surface area contributed by atoms with Gasteiger partial charge in [0.2, 0.25) is 0 Å². The number of aromatic amines is 1. The number of furan rings is 1. The summed E-state index contributed by atoms with van der Waals surface area (Å²) in [6.45, 7) is 3.12. The summed E-state index contributed by atoms with van der Waals surface area (Å²) in [7, 11) is 0. The highest BCUT2D eigenvalue weighted by Gasteiger charge is 2.13. The van der Waals surface area contributed by atoms with Gasteiger partial charge in [0.25, 0.3) is 5.91 Å². The van der Waals surface area contributed by atoms with Gasteiger partial charge in [-0.05, 0) is 37.3 Å². The lowest BCUT2D eigenvalue weighted by Crippen LogP contribution is -2.21. The maximum atomic E-state index is 11.9. The number of imidazole rings is 1. The van der Waals surface area contributed by atoms with Gasteiger partial charge in [-0.25, -0.2) is 15.0 Å². The quantitative estimate of drug-likeness (QED) is 0.457. The fourth-order valence-electron chi connectivity index (χ4n) is 2.95. The summed E-state index contributed by atoms with van der Waals surface area (Å²) in [6, 6.07) is 9.27. The Bertz CT molecular complexity index is 1090. The molecule has 0 bridgehead atoms. The zero-order valence-electron chi connectivity index (χ0n) is 15.4. The van der Waals surface area contributed by atoms with Gasteiger partial charge in [0.05, 0.1) is 17.5 Å². The summed E-state index contributed by atoms with van der Waals surface area (Å²) in [5.41, 5.74) is 2.67. The topological polar surface area (TPSA) is 109 Å². The number of carbonyl (C=O) groups excluding carboxylic acids is 1. The van der Waals surface area contributed by atoms with Gasteiger partial charge in [0.15, 0.2) is 5.76 Å². The average Bonchev–Trinajstić information content (AvgIpc) is 3.40. The molecule has 0 aliphatic carbocycles. The molecule has 28 heavy (non-hydrogen) atoms. The first-order chi connectivity index (χ1) is 13.7. The Morgan fingerprint density at radius 2 is 2.11 bits per heavy atom. The van der Waals surface area contributed by atoms with Crippen molar-refractivity contribution in [2.45, 2.75) is 13.3 Å². The van der Waals surface area contributed by atoms with E-state index in [1.807, 2.05) is 31.3 Å². The summed E-state index contributed by atoms with van der Waals surface area (Å²) in [4.78, 5) is 27.8. The monoisotopic (exact) mass is 376 g/mol. The molecule has 8 nitrogen and oxygen atoms in total. The maximum absolute atomic E-state index is 11.9. The number of aromatic nitrogens is 4. The zero-order chi connectivity index (χ0) is 19.3. The molecule has 8 heteroatoms. The molecule has 0 fully saturated rings. The molecule has 0 aliphatic rings. The number of hydrogen-bond donors (Lipinski definition) is 3. The van der Waals surface area contributed by atoms with Gasteiger partial charge < -0.3 is 20.0 Å². The summed E-state index contributed by atoms with van der Waals surface area (Å²) in [5.74, 6) is 1.43. The Kier molecular flexibility index (Phi) is 5.01. The smallest absolute Gasteiger partial charge is 0.287 e. The van der Waals surface area contributed by atoms with E-state index in [0.29, 0.717) is 24.6 Å². The van der Waals surface area contributed by atoms with Crippen molar-refractivity contribution in [1.29, 1.82) is 0 Å². The first-order valence-corrected chi connectivity index (χ1v) is 9.09. The Balaban J connectivity index is 1.58. The first-order valence-electron chi connectivity index (χ1n) is 9.09. The van der Waals surface area contributed by atoms with E-state index < -0.39 is 0 Å². The van der Waals surface area contributed by atoms with E-state index in [-0.39, 0.29) is 5.91 Å². The van der Waals surface area contributed by atoms with Gasteiger partial charge >= 0.3 is 0 Å². The molecule has 1 amide bonds. The molecule has 0 radical (unpaired) electrons. The lowest BCUT2D eigenvalue weighted by Gasteiger charge is -2.08. The van der Waals surface area contributed by atoms with Crippen LogP contribution in [-0.4, -0.2) is 38.9 Å². The second-order valence-corrected chi connectivity index (χ2v) is 6.21. The van der Waals surface area contributed by atoms with Crippen LogP contribution in [0.25, 0.3) is 22.2 Å². The predicted molar refractivity (Wildman–Crippen MR) is 106 cm³/mol. The number of nitrogens with one attached hydrogen (secondary N) is 3. The third-order valence-electron chi connectivity index (χ3n) is 4.32. The number of H-pyrrole nitrogens is 1. The van der Waals surface area contributed by atoms with E-state index in [1.165, 1.54) is 0 Å². The molecule has 0 spiro atoms. The molecule has 1 aromatic carbocycles. The van der Waals surface area contributed by atoms with Crippen LogP contribution in [0.1, 0.15) is 23.2 Å². The third-order valence-corrected chi connectivity index (χ3v) is 4.32. The fraction of sp³-hybridized carbons (Fsp3) is 0.200. The average molecular weight is 376 g/mol. The highest BCUT2D eigenvalue weighted by Crippen LogP contribution is 2.28. The van der Waals surface area contributed by atoms with Crippen LogP contribution < -0.4 is 10.6 Å². The van der Waals surface area contributed by atoms with Crippen LogP contribution in [0.5, 0.6) is 0 Å². The van der Waals surface area contributed by atoms with E-state index in [0.717, 1.165) is 34.4 Å². The number of benzene rings is 1. The summed E-state index contributed by atoms with van der Waals surface area (Å²) >= 11 is 0. The summed E-state index contributed by atoms with van der Waals surface area (Å²) < 4.78 is 5.72. The van der Waals surface area contributed by atoms with Crippen LogP contribution in [0.3, 0.4) is 0 Å². The maximum Gasteiger partial charge on any atom is 0.287 e. The van der Waals surface area contributed by atoms with Crippen molar-refractivity contribution in [3.8, 4) is 11.3 Å². The minimum Gasteiger partial charge on any atom is -0.451 e. The fourth-order valence-corrected chi connectivity index (χ4v) is 2.95. The Morgan fingerprint density at radius 3 is 2.93 bits per heavy atom. The van der Waals surface area contributed by atoms with E-state index in [9.17, 15) is 4.79 Å². The van der Waals surface area contributed by atoms with Gasteiger partial charge in [-0.2, -0.15) is 0 Å². The molecule has 0 saturated carbocycles. The van der Waals surface area contributed by atoms with Crippen molar-refractivity contribution in [3.63, 3.8) is 0 Å². The predicted octanol–water partition coefficient (Wildman–Crippen LogP) is 3.02. The third kappa shape index (κ3) is 3.71. The molecule has 3 aromatic heterocycles. The molecule has 0 atom stereocenters.